The van der Waals surface area contributed by atoms with E-state index in [1.54, 1.807) is 12.1 Å². The summed E-state index contributed by atoms with van der Waals surface area (Å²) >= 11 is 5.48. The molecule has 0 spiro atoms. The molecule has 0 unspecified atom stereocenters. The van der Waals surface area contributed by atoms with E-state index >= 15 is 0 Å². The summed E-state index contributed by atoms with van der Waals surface area (Å²) in [5.41, 5.74) is 2.13. The van der Waals surface area contributed by atoms with E-state index in [9.17, 15) is 4.39 Å². The topological polar surface area (TPSA) is 33.3 Å². The van der Waals surface area contributed by atoms with Crippen LogP contribution in [0.1, 0.15) is 45.1 Å². The normalized spacial score (nSPS) is 15.6. The van der Waals surface area contributed by atoms with Crippen molar-refractivity contribution in [3.8, 4) is 5.75 Å². The first-order chi connectivity index (χ1) is 13.0. The Labute approximate surface area is 166 Å². The molecule has 1 fully saturated rings. The van der Waals surface area contributed by atoms with Crippen molar-refractivity contribution in [1.82, 2.24) is 5.32 Å². The maximum absolute atomic E-state index is 13.3. The SMILES string of the molecule is CC(C)Oc1ccc(NC(=S)NCC2(c3ccc(F)cc3)CCCC2)cc1. The minimum absolute atomic E-state index is 0.0222. The van der Waals surface area contributed by atoms with E-state index in [1.165, 1.54) is 18.4 Å². The maximum atomic E-state index is 13.3. The van der Waals surface area contributed by atoms with E-state index in [-0.39, 0.29) is 17.3 Å². The summed E-state index contributed by atoms with van der Waals surface area (Å²) in [5, 5.41) is 7.20. The summed E-state index contributed by atoms with van der Waals surface area (Å²) in [6.07, 6.45) is 4.72. The fourth-order valence-corrected chi connectivity index (χ4v) is 3.93. The Balaban J connectivity index is 1.59. The predicted octanol–water partition coefficient (Wildman–Crippen LogP) is 5.41. The monoisotopic (exact) mass is 386 g/mol. The van der Waals surface area contributed by atoms with Crippen LogP contribution in [0.3, 0.4) is 0 Å². The van der Waals surface area contributed by atoms with Gasteiger partial charge in [0.1, 0.15) is 11.6 Å². The average molecular weight is 387 g/mol. The van der Waals surface area contributed by atoms with Gasteiger partial charge < -0.3 is 15.4 Å². The lowest BCUT2D eigenvalue weighted by Gasteiger charge is -2.30. The van der Waals surface area contributed by atoms with Crippen molar-refractivity contribution < 1.29 is 9.13 Å². The van der Waals surface area contributed by atoms with E-state index in [0.717, 1.165) is 30.8 Å². The zero-order chi connectivity index (χ0) is 19.3. The second-order valence-corrected chi connectivity index (χ2v) is 7.90. The van der Waals surface area contributed by atoms with Gasteiger partial charge in [0.05, 0.1) is 6.10 Å². The van der Waals surface area contributed by atoms with Gasteiger partial charge in [0.25, 0.3) is 0 Å². The number of anilines is 1. The lowest BCUT2D eigenvalue weighted by Crippen LogP contribution is -2.40. The van der Waals surface area contributed by atoms with Crippen LogP contribution < -0.4 is 15.4 Å². The van der Waals surface area contributed by atoms with Gasteiger partial charge >= 0.3 is 0 Å². The van der Waals surface area contributed by atoms with Crippen LogP contribution in [0.2, 0.25) is 0 Å². The van der Waals surface area contributed by atoms with Crippen molar-refractivity contribution in [1.29, 1.82) is 0 Å². The van der Waals surface area contributed by atoms with Crippen LogP contribution in [0.15, 0.2) is 48.5 Å². The molecule has 2 aromatic rings. The van der Waals surface area contributed by atoms with Gasteiger partial charge in [-0.05, 0) is 80.9 Å². The predicted molar refractivity (Wildman–Crippen MR) is 113 cm³/mol. The maximum Gasteiger partial charge on any atom is 0.170 e. The Morgan fingerprint density at radius 3 is 2.30 bits per heavy atom. The van der Waals surface area contributed by atoms with Gasteiger partial charge in [-0.3, -0.25) is 0 Å². The highest BCUT2D eigenvalue weighted by atomic mass is 32.1. The average Bonchev–Trinajstić information content (AvgIpc) is 3.12. The summed E-state index contributed by atoms with van der Waals surface area (Å²) < 4.78 is 19.0. The molecular weight excluding hydrogens is 359 g/mol. The first-order valence-electron chi connectivity index (χ1n) is 9.54. The molecule has 27 heavy (non-hydrogen) atoms. The smallest absolute Gasteiger partial charge is 0.170 e. The molecule has 0 heterocycles. The number of benzene rings is 2. The van der Waals surface area contributed by atoms with Crippen LogP contribution >= 0.6 is 12.2 Å². The van der Waals surface area contributed by atoms with E-state index < -0.39 is 0 Å². The molecule has 0 atom stereocenters. The number of halogens is 1. The number of hydrogen-bond donors (Lipinski definition) is 2. The van der Waals surface area contributed by atoms with Crippen LogP contribution in [-0.2, 0) is 5.41 Å². The van der Waals surface area contributed by atoms with Crippen molar-refractivity contribution >= 4 is 23.0 Å². The molecule has 2 aromatic carbocycles. The van der Waals surface area contributed by atoms with Gasteiger partial charge in [0.15, 0.2) is 5.11 Å². The van der Waals surface area contributed by atoms with Crippen molar-refractivity contribution in [3.05, 3.63) is 59.9 Å². The molecule has 5 heteroatoms. The molecule has 0 saturated heterocycles. The van der Waals surface area contributed by atoms with Crippen LogP contribution in [0.4, 0.5) is 10.1 Å². The molecule has 3 rings (SSSR count). The Bertz CT molecular complexity index is 753. The Kier molecular flexibility index (Phi) is 6.32. The summed E-state index contributed by atoms with van der Waals surface area (Å²) in [5.74, 6) is 0.651. The van der Waals surface area contributed by atoms with Gasteiger partial charge in [-0.25, -0.2) is 4.39 Å². The Morgan fingerprint density at radius 2 is 1.70 bits per heavy atom. The third-order valence-corrected chi connectivity index (χ3v) is 5.33. The van der Waals surface area contributed by atoms with E-state index in [2.05, 4.69) is 10.6 Å². The third kappa shape index (κ3) is 5.19. The quantitative estimate of drug-likeness (QED) is 0.650. The van der Waals surface area contributed by atoms with Crippen molar-refractivity contribution in [3.63, 3.8) is 0 Å². The standard InChI is InChI=1S/C22H27FN2OS/c1-16(2)26-20-11-9-19(10-12-20)25-21(27)24-15-22(13-3-4-14-22)17-5-7-18(23)8-6-17/h5-12,16H,3-4,13-15H2,1-2H3,(H2,24,25,27). The minimum Gasteiger partial charge on any atom is -0.491 e. The lowest BCUT2D eigenvalue weighted by atomic mass is 9.79. The highest BCUT2D eigenvalue weighted by Gasteiger charge is 2.35. The van der Waals surface area contributed by atoms with E-state index in [0.29, 0.717) is 5.11 Å². The zero-order valence-electron chi connectivity index (χ0n) is 15.9. The number of ether oxygens (including phenoxy) is 1. The fourth-order valence-electron chi connectivity index (χ4n) is 3.74. The molecule has 0 bridgehead atoms. The summed E-state index contributed by atoms with van der Waals surface area (Å²) in [7, 11) is 0. The van der Waals surface area contributed by atoms with Gasteiger partial charge in [0, 0.05) is 17.6 Å². The summed E-state index contributed by atoms with van der Waals surface area (Å²) in [4.78, 5) is 0. The van der Waals surface area contributed by atoms with Gasteiger partial charge in [-0.2, -0.15) is 0 Å². The van der Waals surface area contributed by atoms with Gasteiger partial charge in [-0.1, -0.05) is 25.0 Å². The first kappa shape index (κ1) is 19.6. The molecule has 1 aliphatic rings. The van der Waals surface area contributed by atoms with Crippen molar-refractivity contribution in [2.75, 3.05) is 11.9 Å². The highest BCUT2D eigenvalue weighted by Crippen LogP contribution is 2.40. The fraction of sp³-hybridized carbons (Fsp3) is 0.409. The molecule has 1 saturated carbocycles. The van der Waals surface area contributed by atoms with Crippen LogP contribution in [0, 0.1) is 5.82 Å². The molecule has 144 valence electrons. The lowest BCUT2D eigenvalue weighted by molar-refractivity contribution is 0.242. The molecule has 0 radical (unpaired) electrons. The second-order valence-electron chi connectivity index (χ2n) is 7.49. The molecule has 0 aromatic heterocycles. The Hall–Kier alpha value is -2.14. The van der Waals surface area contributed by atoms with Crippen LogP contribution in [0.25, 0.3) is 0 Å². The molecule has 1 aliphatic carbocycles. The number of hydrogen-bond acceptors (Lipinski definition) is 2. The largest absolute Gasteiger partial charge is 0.491 e. The summed E-state index contributed by atoms with van der Waals surface area (Å²) in [6.45, 7) is 4.76. The molecule has 0 aliphatic heterocycles. The van der Waals surface area contributed by atoms with E-state index in [4.69, 9.17) is 17.0 Å². The van der Waals surface area contributed by atoms with Crippen molar-refractivity contribution in [2.24, 2.45) is 0 Å². The number of nitrogens with one attached hydrogen (secondary N) is 2. The van der Waals surface area contributed by atoms with E-state index in [1.807, 2.05) is 50.2 Å². The zero-order valence-corrected chi connectivity index (χ0v) is 16.7. The number of thiocarbonyl (C=S) groups is 1. The molecule has 2 N–H and O–H groups in total. The molecule has 3 nitrogen and oxygen atoms in total. The molecule has 0 amide bonds. The van der Waals surface area contributed by atoms with Crippen LogP contribution in [0.5, 0.6) is 5.75 Å². The molecular formula is C22H27FN2OS. The second kappa shape index (κ2) is 8.70. The van der Waals surface area contributed by atoms with Crippen LogP contribution in [-0.4, -0.2) is 17.8 Å². The minimum atomic E-state index is -0.193. The van der Waals surface area contributed by atoms with Gasteiger partial charge in [0.2, 0.25) is 0 Å². The van der Waals surface area contributed by atoms with Crippen molar-refractivity contribution in [2.45, 2.75) is 51.0 Å². The highest BCUT2D eigenvalue weighted by molar-refractivity contribution is 7.80. The Morgan fingerprint density at radius 1 is 1.07 bits per heavy atom. The summed E-state index contributed by atoms with van der Waals surface area (Å²) in [6, 6.07) is 14.7. The third-order valence-electron chi connectivity index (χ3n) is 5.09. The number of rotatable bonds is 6. The van der Waals surface area contributed by atoms with Gasteiger partial charge in [-0.15, -0.1) is 0 Å². The first-order valence-corrected chi connectivity index (χ1v) is 9.95.